The molecule has 2 aliphatic carbocycles. The van der Waals surface area contributed by atoms with Gasteiger partial charge < -0.3 is 0 Å². The van der Waals surface area contributed by atoms with Crippen molar-refractivity contribution in [3.63, 3.8) is 0 Å². The molecule has 0 nitrogen and oxygen atoms in total. The number of hydrogen-bond donors (Lipinski definition) is 0. The van der Waals surface area contributed by atoms with Gasteiger partial charge in [0.1, 0.15) is 0 Å². The summed E-state index contributed by atoms with van der Waals surface area (Å²) in [6.07, 6.45) is 11.7. The van der Waals surface area contributed by atoms with Crippen molar-refractivity contribution >= 4 is 29.0 Å². The van der Waals surface area contributed by atoms with Crippen molar-refractivity contribution < 1.29 is 24.2 Å². The molecule has 0 aromatic carbocycles. The third-order valence-electron chi connectivity index (χ3n) is 3.10. The van der Waals surface area contributed by atoms with Crippen molar-refractivity contribution in [3.8, 4) is 0 Å². The van der Waals surface area contributed by atoms with E-state index >= 15 is 0 Å². The monoisotopic (exact) mass is 376 g/mol. The molecule has 0 spiro atoms. The van der Waals surface area contributed by atoms with Gasteiger partial charge in [0.2, 0.25) is 0 Å². The van der Waals surface area contributed by atoms with Crippen LogP contribution >= 0.6 is 24.8 Å². The van der Waals surface area contributed by atoms with Crippen LogP contribution in [-0.2, 0) is 24.2 Å². The molecule has 106 valence electrons. The molecular formula is C16H24Cl2Zr. The van der Waals surface area contributed by atoms with Gasteiger partial charge in [-0.2, -0.15) is 17.2 Å². The minimum atomic E-state index is 0. The Balaban J connectivity index is -0.000000227. The first-order valence-corrected chi connectivity index (χ1v) is 7.63. The Morgan fingerprint density at radius 1 is 1.16 bits per heavy atom. The van der Waals surface area contributed by atoms with Gasteiger partial charge in [0.15, 0.2) is 0 Å². The molecule has 2 aliphatic rings. The number of hydrogen-bond acceptors (Lipinski definition) is 0. The van der Waals surface area contributed by atoms with Gasteiger partial charge in [-0.3, -0.25) is 12.2 Å². The first kappa shape index (κ1) is 24.3. The quantitative estimate of drug-likeness (QED) is 0.507. The molecule has 0 N–H and O–H groups in total. The molecule has 0 heterocycles. The zero-order valence-corrected chi connectivity index (χ0v) is 16.6. The summed E-state index contributed by atoms with van der Waals surface area (Å²) in [6, 6.07) is 0. The summed E-state index contributed by atoms with van der Waals surface area (Å²) in [5.74, 6) is 0.560. The summed E-state index contributed by atoms with van der Waals surface area (Å²) in [4.78, 5) is 0. The number of allylic oxidation sites excluding steroid dienone is 8. The molecular weight excluding hydrogens is 354 g/mol. The van der Waals surface area contributed by atoms with Gasteiger partial charge in [-0.25, -0.2) is 17.2 Å². The van der Waals surface area contributed by atoms with Gasteiger partial charge in [0.25, 0.3) is 0 Å². The third kappa shape index (κ3) is 8.95. The molecule has 0 aromatic heterocycles. The molecule has 0 bridgehead atoms. The first-order valence-electron chi connectivity index (χ1n) is 5.89. The molecule has 1 atom stereocenters. The van der Waals surface area contributed by atoms with Crippen LogP contribution in [-0.4, -0.2) is 4.21 Å². The number of rotatable bonds is 0. The Bertz CT molecular complexity index is 373. The summed E-state index contributed by atoms with van der Waals surface area (Å²) in [6.45, 7) is 10.7. The van der Waals surface area contributed by atoms with Crippen LogP contribution in [0.2, 0.25) is 0 Å². The fourth-order valence-corrected chi connectivity index (χ4v) is 1.68. The Kier molecular flexibility index (Phi) is 17.0. The van der Waals surface area contributed by atoms with Crippen molar-refractivity contribution in [2.45, 2.75) is 41.0 Å². The van der Waals surface area contributed by atoms with Gasteiger partial charge in [-0.15, -0.1) is 38.2 Å². The van der Waals surface area contributed by atoms with E-state index in [-0.39, 0.29) is 24.8 Å². The third-order valence-corrected chi connectivity index (χ3v) is 3.10. The normalized spacial score (nSPS) is 19.0. The predicted molar refractivity (Wildman–Crippen MR) is 87.8 cm³/mol. The van der Waals surface area contributed by atoms with Crippen LogP contribution in [0.3, 0.4) is 0 Å². The van der Waals surface area contributed by atoms with E-state index in [0.29, 0.717) is 5.92 Å². The molecule has 0 aliphatic heterocycles. The van der Waals surface area contributed by atoms with Crippen molar-refractivity contribution in [1.82, 2.24) is 0 Å². The number of halogens is 2. The molecule has 3 heteroatoms. The SMILES string of the molecule is CC1=[C-]C(C)C(C)=C1C.CC1=[C-]CC=C1.Cl.Cl.[CH2]=[Zr+2]. The summed E-state index contributed by atoms with van der Waals surface area (Å²) in [5, 5.41) is 0. The molecule has 19 heavy (non-hydrogen) atoms. The summed E-state index contributed by atoms with van der Waals surface area (Å²) in [7, 11) is 0. The van der Waals surface area contributed by atoms with Crippen molar-refractivity contribution in [2.75, 3.05) is 0 Å². The van der Waals surface area contributed by atoms with E-state index < -0.39 is 0 Å². The first-order chi connectivity index (χ1) is 8.02. The van der Waals surface area contributed by atoms with Crippen molar-refractivity contribution in [1.29, 1.82) is 0 Å². The molecule has 0 fully saturated rings. The average Bonchev–Trinajstić information content (AvgIpc) is 2.88. The van der Waals surface area contributed by atoms with Gasteiger partial charge in [0, 0.05) is 0 Å². The van der Waals surface area contributed by atoms with Crippen molar-refractivity contribution in [2.24, 2.45) is 5.92 Å². The Morgan fingerprint density at radius 3 is 1.79 bits per heavy atom. The second kappa shape index (κ2) is 13.3. The van der Waals surface area contributed by atoms with Crippen molar-refractivity contribution in [3.05, 3.63) is 46.6 Å². The van der Waals surface area contributed by atoms with Crippen LogP contribution in [0, 0.1) is 18.1 Å². The predicted octanol–water partition coefficient (Wildman–Crippen LogP) is 5.23. The second-order valence-corrected chi connectivity index (χ2v) is 4.27. The zero-order chi connectivity index (χ0) is 13.4. The maximum atomic E-state index is 3.36. The van der Waals surface area contributed by atoms with E-state index in [1.54, 1.807) is 0 Å². The van der Waals surface area contributed by atoms with Crippen LogP contribution in [0.1, 0.15) is 41.0 Å². The molecule has 0 saturated heterocycles. The van der Waals surface area contributed by atoms with Crippen LogP contribution in [0.4, 0.5) is 0 Å². The van der Waals surface area contributed by atoms with Gasteiger partial charge in [-0.1, -0.05) is 33.6 Å². The molecule has 0 saturated carbocycles. The van der Waals surface area contributed by atoms with E-state index in [1.807, 2.05) is 0 Å². The van der Waals surface area contributed by atoms with E-state index in [1.165, 1.54) is 46.5 Å². The molecule has 0 aromatic rings. The molecule has 1 unspecified atom stereocenters. The fourth-order valence-electron chi connectivity index (χ4n) is 1.68. The minimum absolute atomic E-state index is 0. The Morgan fingerprint density at radius 2 is 1.68 bits per heavy atom. The van der Waals surface area contributed by atoms with E-state index in [4.69, 9.17) is 0 Å². The van der Waals surface area contributed by atoms with Crippen LogP contribution in [0.25, 0.3) is 0 Å². The van der Waals surface area contributed by atoms with Crippen LogP contribution in [0.15, 0.2) is 34.4 Å². The fraction of sp³-hybridized carbons (Fsp3) is 0.438. The Hall–Kier alpha value is 0.293. The van der Waals surface area contributed by atoms with Gasteiger partial charge >= 0.3 is 28.4 Å². The van der Waals surface area contributed by atoms with Gasteiger partial charge in [0.05, 0.1) is 0 Å². The summed E-state index contributed by atoms with van der Waals surface area (Å²) < 4.78 is 3.34. The van der Waals surface area contributed by atoms with E-state index in [2.05, 4.69) is 63.1 Å². The Labute approximate surface area is 146 Å². The summed E-state index contributed by atoms with van der Waals surface area (Å²) >= 11 is 1.30. The molecule has 0 amide bonds. The zero-order valence-electron chi connectivity index (χ0n) is 12.5. The van der Waals surface area contributed by atoms with Gasteiger partial charge in [-0.05, 0) is 0 Å². The molecule has 0 radical (unpaired) electrons. The maximum absolute atomic E-state index is 3.36. The summed E-state index contributed by atoms with van der Waals surface area (Å²) in [5.41, 5.74) is 5.52. The molecule has 2 rings (SSSR count). The standard InChI is InChI=1S/C9H13.C6H7.CH2.2ClH.Zr/c1-6-5-7(2)9(4)8(6)3;1-6-4-2-3-5-6;;;;/h6H,1-4H3;2,4H,3H2,1H3;1H2;2*1H;/q2*-1;;;;+2. The topological polar surface area (TPSA) is 0 Å². The average molecular weight is 378 g/mol. The van der Waals surface area contributed by atoms with E-state index in [0.717, 1.165) is 6.42 Å². The second-order valence-electron chi connectivity index (χ2n) is 4.27. The van der Waals surface area contributed by atoms with Crippen LogP contribution in [0.5, 0.6) is 0 Å². The van der Waals surface area contributed by atoms with Crippen LogP contribution < -0.4 is 0 Å². The van der Waals surface area contributed by atoms with E-state index in [9.17, 15) is 0 Å².